The van der Waals surface area contributed by atoms with Gasteiger partial charge in [-0.1, -0.05) is 6.92 Å². The molecule has 1 aromatic rings. The molecular weight excluding hydrogens is 233 g/mol. The normalized spacial score (nSPS) is 11.1. The van der Waals surface area contributed by atoms with Gasteiger partial charge in [0.05, 0.1) is 5.75 Å². The molecule has 0 atom stereocenters. The predicted molar refractivity (Wildman–Crippen MR) is 57.9 cm³/mol. The number of sulfonamides is 1. The Morgan fingerprint density at radius 2 is 1.88 bits per heavy atom. The fourth-order valence-corrected chi connectivity index (χ4v) is 2.16. The second-order valence-electron chi connectivity index (χ2n) is 3.26. The van der Waals surface area contributed by atoms with Crippen LogP contribution in [0.5, 0.6) is 0 Å². The van der Waals surface area contributed by atoms with Gasteiger partial charge in [0.25, 0.3) is 5.91 Å². The van der Waals surface area contributed by atoms with Crippen LogP contribution in [-0.4, -0.2) is 20.1 Å². The highest BCUT2D eigenvalue weighted by Crippen LogP contribution is 2.03. The Morgan fingerprint density at radius 3 is 2.38 bits per heavy atom. The van der Waals surface area contributed by atoms with Gasteiger partial charge in [-0.05, 0) is 30.7 Å². The van der Waals surface area contributed by atoms with Crippen LogP contribution in [0.2, 0.25) is 0 Å². The third-order valence-electron chi connectivity index (χ3n) is 1.83. The van der Waals surface area contributed by atoms with Crippen molar-refractivity contribution < 1.29 is 17.6 Å². The molecule has 16 heavy (non-hydrogen) atoms. The Balaban J connectivity index is 2.77. The van der Waals surface area contributed by atoms with Gasteiger partial charge in [-0.3, -0.25) is 4.79 Å². The molecule has 88 valence electrons. The van der Waals surface area contributed by atoms with Crippen molar-refractivity contribution in [3.05, 3.63) is 35.6 Å². The number of halogens is 1. The summed E-state index contributed by atoms with van der Waals surface area (Å²) in [5, 5.41) is 0. The van der Waals surface area contributed by atoms with E-state index in [0.29, 0.717) is 6.42 Å². The quantitative estimate of drug-likeness (QED) is 0.869. The van der Waals surface area contributed by atoms with Gasteiger partial charge in [0.15, 0.2) is 0 Å². The van der Waals surface area contributed by atoms with Crippen LogP contribution in [-0.2, 0) is 10.0 Å². The molecule has 0 saturated carbocycles. The Morgan fingerprint density at radius 1 is 1.31 bits per heavy atom. The van der Waals surface area contributed by atoms with Crippen molar-refractivity contribution in [2.75, 3.05) is 5.75 Å². The molecular formula is C10H12FNO3S. The highest BCUT2D eigenvalue weighted by atomic mass is 32.2. The van der Waals surface area contributed by atoms with E-state index < -0.39 is 21.7 Å². The second kappa shape index (κ2) is 5.07. The third-order valence-corrected chi connectivity index (χ3v) is 3.27. The summed E-state index contributed by atoms with van der Waals surface area (Å²) in [7, 11) is -3.58. The zero-order valence-corrected chi connectivity index (χ0v) is 9.55. The van der Waals surface area contributed by atoms with E-state index in [0.717, 1.165) is 12.1 Å². The van der Waals surface area contributed by atoms with Gasteiger partial charge in [-0.25, -0.2) is 17.5 Å². The fraction of sp³-hybridized carbons (Fsp3) is 0.300. The Kier molecular flexibility index (Phi) is 4.00. The Labute approximate surface area is 93.5 Å². The Hall–Kier alpha value is -1.43. The number of amides is 1. The lowest BCUT2D eigenvalue weighted by Crippen LogP contribution is -2.32. The monoisotopic (exact) mass is 245 g/mol. The molecule has 0 spiro atoms. The fourth-order valence-electron chi connectivity index (χ4n) is 1.12. The highest BCUT2D eigenvalue weighted by Gasteiger charge is 2.14. The zero-order chi connectivity index (χ0) is 12.2. The number of rotatable bonds is 4. The minimum Gasteiger partial charge on any atom is -0.268 e. The van der Waals surface area contributed by atoms with Crippen LogP contribution in [0, 0.1) is 5.82 Å². The molecule has 0 unspecified atom stereocenters. The summed E-state index contributed by atoms with van der Waals surface area (Å²) in [6.07, 6.45) is 0.423. The van der Waals surface area contributed by atoms with Crippen molar-refractivity contribution in [1.82, 2.24) is 4.72 Å². The first-order valence-corrected chi connectivity index (χ1v) is 6.40. The topological polar surface area (TPSA) is 63.2 Å². The van der Waals surface area contributed by atoms with Crippen molar-refractivity contribution in [1.29, 1.82) is 0 Å². The summed E-state index contributed by atoms with van der Waals surface area (Å²) in [6.45, 7) is 1.70. The molecule has 4 nitrogen and oxygen atoms in total. The molecule has 0 radical (unpaired) electrons. The van der Waals surface area contributed by atoms with Crippen molar-refractivity contribution in [3.8, 4) is 0 Å². The third kappa shape index (κ3) is 3.62. The molecule has 1 amide bonds. The van der Waals surface area contributed by atoms with Gasteiger partial charge < -0.3 is 0 Å². The van der Waals surface area contributed by atoms with Crippen LogP contribution in [0.25, 0.3) is 0 Å². The van der Waals surface area contributed by atoms with Crippen molar-refractivity contribution in [3.63, 3.8) is 0 Å². The molecule has 0 bridgehead atoms. The molecule has 1 rings (SSSR count). The first-order valence-electron chi connectivity index (χ1n) is 4.75. The summed E-state index contributed by atoms with van der Waals surface area (Å²) >= 11 is 0. The van der Waals surface area contributed by atoms with Crippen LogP contribution in [0.4, 0.5) is 4.39 Å². The lowest BCUT2D eigenvalue weighted by Gasteiger charge is -2.05. The zero-order valence-electron chi connectivity index (χ0n) is 8.73. The molecule has 0 saturated heterocycles. The maximum absolute atomic E-state index is 12.6. The smallest absolute Gasteiger partial charge is 0.264 e. The number of carbonyl (C=O) groups is 1. The van der Waals surface area contributed by atoms with Gasteiger partial charge in [-0.2, -0.15) is 0 Å². The molecule has 6 heteroatoms. The molecule has 0 fully saturated rings. The minimum absolute atomic E-state index is 0.111. The molecule has 0 aliphatic heterocycles. The molecule has 1 N–H and O–H groups in total. The first kappa shape index (κ1) is 12.6. The van der Waals surface area contributed by atoms with Gasteiger partial charge in [-0.15, -0.1) is 0 Å². The summed E-state index contributed by atoms with van der Waals surface area (Å²) in [5.74, 6) is -1.33. The van der Waals surface area contributed by atoms with E-state index in [2.05, 4.69) is 0 Å². The number of hydrogen-bond acceptors (Lipinski definition) is 3. The number of hydrogen-bond donors (Lipinski definition) is 1. The van der Waals surface area contributed by atoms with E-state index in [1.807, 2.05) is 4.72 Å². The Bertz CT molecular complexity index is 467. The van der Waals surface area contributed by atoms with Gasteiger partial charge in [0.1, 0.15) is 5.82 Å². The van der Waals surface area contributed by atoms with Crippen LogP contribution < -0.4 is 4.72 Å². The number of carbonyl (C=O) groups excluding carboxylic acids is 1. The van der Waals surface area contributed by atoms with Crippen LogP contribution in [0.15, 0.2) is 24.3 Å². The van der Waals surface area contributed by atoms with E-state index >= 15 is 0 Å². The molecule has 1 aromatic carbocycles. The summed E-state index contributed by atoms with van der Waals surface area (Å²) in [6, 6.07) is 4.65. The van der Waals surface area contributed by atoms with Gasteiger partial charge in [0.2, 0.25) is 10.0 Å². The second-order valence-corrected chi connectivity index (χ2v) is 5.10. The average molecular weight is 245 g/mol. The van der Waals surface area contributed by atoms with E-state index in [-0.39, 0.29) is 11.3 Å². The van der Waals surface area contributed by atoms with E-state index in [1.165, 1.54) is 12.1 Å². The van der Waals surface area contributed by atoms with Gasteiger partial charge in [0, 0.05) is 5.56 Å². The summed E-state index contributed by atoms with van der Waals surface area (Å²) < 4.78 is 37.0. The molecule has 0 aliphatic rings. The summed E-state index contributed by atoms with van der Waals surface area (Å²) in [4.78, 5) is 11.4. The molecule has 0 aliphatic carbocycles. The minimum atomic E-state index is -3.58. The number of nitrogens with one attached hydrogen (secondary N) is 1. The molecule has 0 heterocycles. The van der Waals surface area contributed by atoms with Crippen LogP contribution in [0.1, 0.15) is 23.7 Å². The van der Waals surface area contributed by atoms with E-state index in [9.17, 15) is 17.6 Å². The van der Waals surface area contributed by atoms with Crippen molar-refractivity contribution in [2.24, 2.45) is 0 Å². The maximum Gasteiger partial charge on any atom is 0.264 e. The maximum atomic E-state index is 12.6. The summed E-state index contributed by atoms with van der Waals surface area (Å²) in [5.41, 5.74) is 0.112. The van der Waals surface area contributed by atoms with Crippen molar-refractivity contribution >= 4 is 15.9 Å². The van der Waals surface area contributed by atoms with E-state index in [1.54, 1.807) is 6.92 Å². The van der Waals surface area contributed by atoms with E-state index in [4.69, 9.17) is 0 Å². The largest absolute Gasteiger partial charge is 0.268 e. The highest BCUT2D eigenvalue weighted by molar-refractivity contribution is 7.90. The van der Waals surface area contributed by atoms with Gasteiger partial charge >= 0.3 is 0 Å². The number of benzene rings is 1. The molecule has 0 aromatic heterocycles. The standard InChI is InChI=1S/C10H12FNO3S/c1-2-7-16(14,15)12-10(13)8-3-5-9(11)6-4-8/h3-6H,2,7H2,1H3,(H,12,13). The SMILES string of the molecule is CCCS(=O)(=O)NC(=O)c1ccc(F)cc1. The average Bonchev–Trinajstić information content (AvgIpc) is 2.17. The van der Waals surface area contributed by atoms with Crippen LogP contribution >= 0.6 is 0 Å². The predicted octanol–water partition coefficient (Wildman–Crippen LogP) is 1.30. The first-order chi connectivity index (χ1) is 7.44. The lowest BCUT2D eigenvalue weighted by atomic mass is 10.2. The van der Waals surface area contributed by atoms with Crippen LogP contribution in [0.3, 0.4) is 0 Å². The lowest BCUT2D eigenvalue weighted by molar-refractivity contribution is 0.0981. The van der Waals surface area contributed by atoms with Crippen molar-refractivity contribution in [2.45, 2.75) is 13.3 Å².